The molecular weight excluding hydrogens is 396 g/mol. The Morgan fingerprint density at radius 1 is 0.500 bits per heavy atom. The minimum absolute atomic E-state index is 0.0652. The number of aliphatic hydroxyl groups is 3. The van der Waals surface area contributed by atoms with E-state index in [1.54, 1.807) is 0 Å². The maximum absolute atomic E-state index is 11.6. The van der Waals surface area contributed by atoms with E-state index in [1.165, 1.54) is 89.9 Å². The molecule has 0 saturated heterocycles. The van der Waals surface area contributed by atoms with Crippen LogP contribution >= 0.6 is 0 Å². The molecule has 5 aliphatic carbocycles. The van der Waals surface area contributed by atoms with Crippen molar-refractivity contribution >= 4 is 0 Å². The van der Waals surface area contributed by atoms with Gasteiger partial charge in [-0.25, -0.2) is 0 Å². The van der Waals surface area contributed by atoms with Crippen LogP contribution in [0, 0.1) is 53.3 Å². The molecule has 0 aromatic rings. The standard InChI is InChI=1S/C29H50O3/c1-18-14-21(16-19-10-12-27(30)25-8-4-2-6-23(19)25)29(32)22(15-18)17-20-11-13-28(31)26-9-5-3-7-24(20)26/h18-32H,2-17H2,1H3. The first-order valence-corrected chi connectivity index (χ1v) is 14.6. The van der Waals surface area contributed by atoms with Crippen LogP contribution in [-0.2, 0) is 0 Å². The summed E-state index contributed by atoms with van der Waals surface area (Å²) in [6, 6.07) is 0. The maximum atomic E-state index is 11.6. The number of hydrogen-bond donors (Lipinski definition) is 3. The zero-order valence-corrected chi connectivity index (χ0v) is 20.6. The Morgan fingerprint density at radius 3 is 1.34 bits per heavy atom. The van der Waals surface area contributed by atoms with Crippen molar-refractivity contribution in [1.29, 1.82) is 0 Å². The summed E-state index contributed by atoms with van der Waals surface area (Å²) in [5.74, 6) is 5.58. The molecule has 10 atom stereocenters. The fourth-order valence-corrected chi connectivity index (χ4v) is 9.76. The first-order chi connectivity index (χ1) is 15.5. The van der Waals surface area contributed by atoms with Crippen molar-refractivity contribution in [2.75, 3.05) is 0 Å². The molecule has 0 bridgehead atoms. The predicted molar refractivity (Wildman–Crippen MR) is 129 cm³/mol. The van der Waals surface area contributed by atoms with Gasteiger partial charge in [-0.1, -0.05) is 32.6 Å². The Labute approximate surface area is 196 Å². The number of fused-ring (bicyclic) bond motifs is 2. The molecule has 5 aliphatic rings. The molecular formula is C29H50O3. The second-order valence-electron chi connectivity index (χ2n) is 13.1. The van der Waals surface area contributed by atoms with Gasteiger partial charge in [-0.15, -0.1) is 0 Å². The monoisotopic (exact) mass is 446 g/mol. The molecule has 5 saturated carbocycles. The third-order valence-electron chi connectivity index (χ3n) is 11.2. The molecule has 0 spiro atoms. The lowest BCUT2D eigenvalue weighted by Gasteiger charge is -2.49. The van der Waals surface area contributed by atoms with Gasteiger partial charge in [0.25, 0.3) is 0 Å². The highest BCUT2D eigenvalue weighted by Crippen LogP contribution is 2.51. The van der Waals surface area contributed by atoms with Crippen LogP contribution in [0.5, 0.6) is 0 Å². The second kappa shape index (κ2) is 10.2. The summed E-state index contributed by atoms with van der Waals surface area (Å²) in [6.45, 7) is 2.42. The topological polar surface area (TPSA) is 60.7 Å². The molecule has 0 amide bonds. The Kier molecular flexibility index (Phi) is 7.56. The van der Waals surface area contributed by atoms with Crippen molar-refractivity contribution in [2.45, 2.75) is 128 Å². The van der Waals surface area contributed by atoms with Gasteiger partial charge in [0.1, 0.15) is 0 Å². The summed E-state index contributed by atoms with van der Waals surface area (Å²) in [5, 5.41) is 32.8. The fraction of sp³-hybridized carbons (Fsp3) is 1.00. The Hall–Kier alpha value is -0.120. The first kappa shape index (κ1) is 23.6. The molecule has 0 aliphatic heterocycles. The lowest BCUT2D eigenvalue weighted by Crippen LogP contribution is -2.45. The average Bonchev–Trinajstić information content (AvgIpc) is 2.81. The average molecular weight is 447 g/mol. The Bertz CT molecular complexity index is 557. The van der Waals surface area contributed by atoms with E-state index in [-0.39, 0.29) is 18.3 Å². The van der Waals surface area contributed by atoms with Crippen molar-refractivity contribution in [3.05, 3.63) is 0 Å². The summed E-state index contributed by atoms with van der Waals surface area (Å²) in [7, 11) is 0. The van der Waals surface area contributed by atoms with E-state index in [2.05, 4.69) is 6.92 Å². The molecule has 5 rings (SSSR count). The van der Waals surface area contributed by atoms with E-state index < -0.39 is 0 Å². The molecule has 32 heavy (non-hydrogen) atoms. The highest BCUT2D eigenvalue weighted by Gasteiger charge is 2.45. The van der Waals surface area contributed by atoms with Crippen LogP contribution in [0.1, 0.15) is 110 Å². The highest BCUT2D eigenvalue weighted by atomic mass is 16.3. The van der Waals surface area contributed by atoms with Gasteiger partial charge in [-0.05, 0) is 130 Å². The molecule has 10 unspecified atom stereocenters. The molecule has 5 fully saturated rings. The fourth-order valence-electron chi connectivity index (χ4n) is 9.76. The summed E-state index contributed by atoms with van der Waals surface area (Å²) >= 11 is 0. The largest absolute Gasteiger partial charge is 0.393 e. The zero-order chi connectivity index (χ0) is 22.2. The van der Waals surface area contributed by atoms with Crippen LogP contribution in [0.3, 0.4) is 0 Å². The van der Waals surface area contributed by atoms with E-state index in [4.69, 9.17) is 0 Å². The van der Waals surface area contributed by atoms with E-state index >= 15 is 0 Å². The Morgan fingerprint density at radius 2 is 0.906 bits per heavy atom. The number of hydrogen-bond acceptors (Lipinski definition) is 3. The summed E-state index contributed by atoms with van der Waals surface area (Å²) in [6.07, 6.45) is 19.2. The highest BCUT2D eigenvalue weighted by molar-refractivity contribution is 4.96. The van der Waals surface area contributed by atoms with Gasteiger partial charge in [0, 0.05) is 0 Å². The first-order valence-electron chi connectivity index (χ1n) is 14.6. The minimum Gasteiger partial charge on any atom is -0.393 e. The SMILES string of the molecule is CC1CC(CC2CCC(O)C3CCCCC23)C(O)C(CC2CCC(O)C3CCCCC23)C1. The molecule has 3 nitrogen and oxygen atoms in total. The van der Waals surface area contributed by atoms with Gasteiger partial charge >= 0.3 is 0 Å². The van der Waals surface area contributed by atoms with Crippen LogP contribution < -0.4 is 0 Å². The van der Waals surface area contributed by atoms with Gasteiger partial charge < -0.3 is 15.3 Å². The predicted octanol–water partition coefficient (Wildman–Crippen LogP) is 5.94. The van der Waals surface area contributed by atoms with Gasteiger partial charge in [-0.2, -0.15) is 0 Å². The third kappa shape index (κ3) is 4.82. The van der Waals surface area contributed by atoms with Crippen LogP contribution in [0.15, 0.2) is 0 Å². The minimum atomic E-state index is -0.131. The van der Waals surface area contributed by atoms with E-state index in [0.29, 0.717) is 35.5 Å². The second-order valence-corrected chi connectivity index (χ2v) is 13.1. The van der Waals surface area contributed by atoms with Gasteiger partial charge in [0.05, 0.1) is 18.3 Å². The van der Waals surface area contributed by atoms with E-state index in [1.807, 2.05) is 0 Å². The van der Waals surface area contributed by atoms with Crippen molar-refractivity contribution < 1.29 is 15.3 Å². The molecule has 0 radical (unpaired) electrons. The van der Waals surface area contributed by atoms with Crippen molar-refractivity contribution in [1.82, 2.24) is 0 Å². The molecule has 0 heterocycles. The molecule has 3 N–H and O–H groups in total. The van der Waals surface area contributed by atoms with Crippen molar-refractivity contribution in [3.8, 4) is 0 Å². The van der Waals surface area contributed by atoms with Gasteiger partial charge in [0.2, 0.25) is 0 Å². The lowest BCUT2D eigenvalue weighted by molar-refractivity contribution is -0.0677. The third-order valence-corrected chi connectivity index (χ3v) is 11.2. The normalized spacial score (nSPS) is 52.1. The van der Waals surface area contributed by atoms with Crippen LogP contribution in [-0.4, -0.2) is 33.6 Å². The van der Waals surface area contributed by atoms with Crippen LogP contribution in [0.25, 0.3) is 0 Å². The smallest absolute Gasteiger partial charge is 0.0596 e. The number of rotatable bonds is 4. The quantitative estimate of drug-likeness (QED) is 0.500. The van der Waals surface area contributed by atoms with Gasteiger partial charge in [0.15, 0.2) is 0 Å². The zero-order valence-electron chi connectivity index (χ0n) is 20.6. The van der Waals surface area contributed by atoms with Crippen LogP contribution in [0.4, 0.5) is 0 Å². The van der Waals surface area contributed by atoms with Gasteiger partial charge in [-0.3, -0.25) is 0 Å². The maximum Gasteiger partial charge on any atom is 0.0596 e. The van der Waals surface area contributed by atoms with E-state index in [9.17, 15) is 15.3 Å². The van der Waals surface area contributed by atoms with Crippen molar-refractivity contribution in [3.63, 3.8) is 0 Å². The molecule has 0 aromatic heterocycles. The number of aliphatic hydroxyl groups excluding tert-OH is 3. The summed E-state index contributed by atoms with van der Waals surface area (Å²) in [5.41, 5.74) is 0. The molecule has 184 valence electrons. The van der Waals surface area contributed by atoms with E-state index in [0.717, 1.165) is 30.6 Å². The molecule has 0 aromatic carbocycles. The summed E-state index contributed by atoms with van der Waals surface area (Å²) < 4.78 is 0. The molecule has 3 heteroatoms. The summed E-state index contributed by atoms with van der Waals surface area (Å²) in [4.78, 5) is 0. The van der Waals surface area contributed by atoms with Crippen LogP contribution in [0.2, 0.25) is 0 Å². The Balaban J connectivity index is 1.23. The lowest BCUT2D eigenvalue weighted by atomic mass is 9.58. The van der Waals surface area contributed by atoms with Crippen molar-refractivity contribution in [2.24, 2.45) is 53.3 Å².